The topological polar surface area (TPSA) is 34.4 Å². The number of carbonyl (C=O) groups excluding carboxylic acids is 1. The molecule has 0 fully saturated rings. The number of rotatable bonds is 1. The number of hydrogen-bond donors (Lipinski definition) is 0. The highest BCUT2D eigenvalue weighted by atomic mass is 35.5. The molecule has 0 saturated carbocycles. The van der Waals surface area contributed by atoms with E-state index in [1.165, 1.54) is 0 Å². The Kier molecular flexibility index (Phi) is 2.50. The molecule has 2 aromatic rings. The molecular formula is C12H13ClN2O. The maximum absolute atomic E-state index is 11.5. The molecule has 4 heteroatoms. The molecule has 84 valence electrons. The van der Waals surface area contributed by atoms with E-state index in [2.05, 4.69) is 4.98 Å². The summed E-state index contributed by atoms with van der Waals surface area (Å²) in [6, 6.07) is 1.92. The van der Waals surface area contributed by atoms with Gasteiger partial charge in [-0.25, -0.2) is 4.98 Å². The molecule has 16 heavy (non-hydrogen) atoms. The number of aromatic nitrogens is 2. The second-order valence-electron chi connectivity index (χ2n) is 4.79. The summed E-state index contributed by atoms with van der Waals surface area (Å²) in [5, 5.41) is -0.457. The Labute approximate surface area is 99.1 Å². The number of pyridine rings is 1. The van der Waals surface area contributed by atoms with Crippen LogP contribution in [0.5, 0.6) is 0 Å². The summed E-state index contributed by atoms with van der Waals surface area (Å²) in [5.41, 5.74) is 1.91. The van der Waals surface area contributed by atoms with Crippen molar-refractivity contribution in [2.45, 2.75) is 26.2 Å². The summed E-state index contributed by atoms with van der Waals surface area (Å²) in [7, 11) is 0. The number of nitrogens with zero attached hydrogens (tertiary/aromatic N) is 2. The second kappa shape index (κ2) is 3.59. The Hall–Kier alpha value is -1.35. The summed E-state index contributed by atoms with van der Waals surface area (Å²) in [5.74, 6) is 0. The maximum Gasteiger partial charge on any atom is 0.256 e. The molecule has 0 aliphatic rings. The molecule has 0 N–H and O–H groups in total. The van der Waals surface area contributed by atoms with Crippen molar-refractivity contribution >= 4 is 22.5 Å². The first kappa shape index (κ1) is 11.1. The van der Waals surface area contributed by atoms with Gasteiger partial charge in [0.1, 0.15) is 5.65 Å². The molecule has 0 atom stereocenters. The van der Waals surface area contributed by atoms with Crippen molar-refractivity contribution in [1.29, 1.82) is 0 Å². The van der Waals surface area contributed by atoms with Gasteiger partial charge in [0.15, 0.2) is 0 Å². The Bertz CT molecular complexity index is 552. The van der Waals surface area contributed by atoms with Gasteiger partial charge in [0, 0.05) is 18.6 Å². The van der Waals surface area contributed by atoms with Gasteiger partial charge < -0.3 is 4.40 Å². The van der Waals surface area contributed by atoms with Gasteiger partial charge in [-0.05, 0) is 28.6 Å². The fraction of sp³-hybridized carbons (Fsp3) is 0.333. The van der Waals surface area contributed by atoms with Crippen LogP contribution in [-0.2, 0) is 5.41 Å². The molecule has 0 unspecified atom stereocenters. The molecule has 3 nitrogen and oxygen atoms in total. The average Bonchev–Trinajstić information content (AvgIpc) is 2.61. The first-order valence-corrected chi connectivity index (χ1v) is 5.45. The highest BCUT2D eigenvalue weighted by Crippen LogP contribution is 2.28. The Morgan fingerprint density at radius 1 is 1.38 bits per heavy atom. The lowest BCUT2D eigenvalue weighted by Gasteiger charge is -2.21. The van der Waals surface area contributed by atoms with Gasteiger partial charge in [0.25, 0.3) is 5.24 Å². The van der Waals surface area contributed by atoms with Crippen LogP contribution in [-0.4, -0.2) is 14.6 Å². The van der Waals surface area contributed by atoms with E-state index in [0.29, 0.717) is 11.2 Å². The average molecular weight is 237 g/mol. The molecule has 0 radical (unpaired) electrons. The van der Waals surface area contributed by atoms with E-state index in [4.69, 9.17) is 11.6 Å². The van der Waals surface area contributed by atoms with Crippen LogP contribution in [0.3, 0.4) is 0 Å². The molecule has 0 spiro atoms. The molecule has 0 amide bonds. The predicted octanol–water partition coefficient (Wildman–Crippen LogP) is 3.01. The number of carbonyl (C=O) groups is 1. The predicted molar refractivity (Wildman–Crippen MR) is 64.1 cm³/mol. The third-order valence-corrected chi connectivity index (χ3v) is 2.76. The van der Waals surface area contributed by atoms with Crippen molar-refractivity contribution in [3.8, 4) is 0 Å². The fourth-order valence-corrected chi connectivity index (χ4v) is 1.99. The van der Waals surface area contributed by atoms with Crippen molar-refractivity contribution in [3.05, 3.63) is 35.8 Å². The minimum absolute atomic E-state index is 0.131. The van der Waals surface area contributed by atoms with E-state index >= 15 is 0 Å². The third kappa shape index (κ3) is 1.71. The van der Waals surface area contributed by atoms with E-state index in [1.54, 1.807) is 16.8 Å². The lowest BCUT2D eigenvalue weighted by Crippen LogP contribution is -2.16. The molecule has 0 aliphatic carbocycles. The van der Waals surface area contributed by atoms with Gasteiger partial charge in [-0.3, -0.25) is 4.79 Å². The van der Waals surface area contributed by atoms with Crippen molar-refractivity contribution in [2.75, 3.05) is 0 Å². The fourth-order valence-electron chi connectivity index (χ4n) is 1.80. The van der Waals surface area contributed by atoms with Gasteiger partial charge in [0.2, 0.25) is 0 Å². The van der Waals surface area contributed by atoms with E-state index in [-0.39, 0.29) is 5.41 Å². The Balaban J connectivity index is 2.84. The van der Waals surface area contributed by atoms with Crippen LogP contribution in [0.25, 0.3) is 5.65 Å². The Morgan fingerprint density at radius 3 is 2.62 bits per heavy atom. The third-order valence-electron chi connectivity index (χ3n) is 2.57. The van der Waals surface area contributed by atoms with Crippen LogP contribution in [0.2, 0.25) is 0 Å². The van der Waals surface area contributed by atoms with Crippen LogP contribution in [0.1, 0.15) is 36.7 Å². The molecule has 0 saturated heterocycles. The highest BCUT2D eigenvalue weighted by Gasteiger charge is 2.23. The number of halogens is 1. The molecule has 0 aromatic carbocycles. The lowest BCUT2D eigenvalue weighted by molar-refractivity contribution is 0.108. The first-order chi connectivity index (χ1) is 7.41. The normalized spacial score (nSPS) is 12.0. The van der Waals surface area contributed by atoms with Gasteiger partial charge >= 0.3 is 0 Å². The van der Waals surface area contributed by atoms with E-state index < -0.39 is 5.24 Å². The largest absolute Gasteiger partial charge is 0.306 e. The molecular weight excluding hydrogens is 224 g/mol. The second-order valence-corrected chi connectivity index (χ2v) is 5.13. The van der Waals surface area contributed by atoms with Crippen molar-refractivity contribution in [1.82, 2.24) is 9.38 Å². The molecule has 2 heterocycles. The highest BCUT2D eigenvalue weighted by molar-refractivity contribution is 6.68. The summed E-state index contributed by atoms with van der Waals surface area (Å²) < 4.78 is 1.80. The van der Waals surface area contributed by atoms with E-state index in [9.17, 15) is 4.79 Å². The van der Waals surface area contributed by atoms with Crippen molar-refractivity contribution in [2.24, 2.45) is 0 Å². The Morgan fingerprint density at radius 2 is 2.06 bits per heavy atom. The first-order valence-electron chi connectivity index (χ1n) is 5.07. The minimum Gasteiger partial charge on any atom is -0.306 e. The van der Waals surface area contributed by atoms with Crippen LogP contribution in [0.4, 0.5) is 0 Å². The zero-order valence-corrected chi connectivity index (χ0v) is 10.2. The van der Waals surface area contributed by atoms with Crippen LogP contribution in [0.15, 0.2) is 24.7 Å². The quantitative estimate of drug-likeness (QED) is 0.714. The SMILES string of the molecule is CC(C)(C)c1ccn2ccnc2c1C(=O)Cl. The van der Waals surface area contributed by atoms with E-state index in [0.717, 1.165) is 5.56 Å². The monoisotopic (exact) mass is 236 g/mol. The number of fused-ring (bicyclic) bond motifs is 1. The zero-order valence-electron chi connectivity index (χ0n) is 9.49. The summed E-state index contributed by atoms with van der Waals surface area (Å²) >= 11 is 5.66. The standard InChI is InChI=1S/C12H13ClN2O/c1-12(2,3)8-4-6-15-7-5-14-11(15)9(8)10(13)16/h4-7H,1-3H3. The summed E-state index contributed by atoms with van der Waals surface area (Å²) in [6.45, 7) is 6.14. The van der Waals surface area contributed by atoms with Crippen LogP contribution < -0.4 is 0 Å². The number of hydrogen-bond acceptors (Lipinski definition) is 2. The number of imidazole rings is 1. The molecule has 0 bridgehead atoms. The smallest absolute Gasteiger partial charge is 0.256 e. The van der Waals surface area contributed by atoms with Gasteiger partial charge in [-0.2, -0.15) is 0 Å². The van der Waals surface area contributed by atoms with Crippen molar-refractivity contribution < 1.29 is 4.79 Å². The minimum atomic E-state index is -0.457. The maximum atomic E-state index is 11.5. The molecule has 0 aliphatic heterocycles. The molecule has 2 aromatic heterocycles. The van der Waals surface area contributed by atoms with Gasteiger partial charge in [-0.15, -0.1) is 0 Å². The van der Waals surface area contributed by atoms with Gasteiger partial charge in [0.05, 0.1) is 5.56 Å². The van der Waals surface area contributed by atoms with E-state index in [1.807, 2.05) is 33.0 Å². The van der Waals surface area contributed by atoms with Crippen molar-refractivity contribution in [3.63, 3.8) is 0 Å². The van der Waals surface area contributed by atoms with Crippen LogP contribution >= 0.6 is 11.6 Å². The summed E-state index contributed by atoms with van der Waals surface area (Å²) in [6.07, 6.45) is 5.35. The van der Waals surface area contributed by atoms with Gasteiger partial charge in [-0.1, -0.05) is 20.8 Å². The van der Waals surface area contributed by atoms with Crippen LogP contribution in [0, 0.1) is 0 Å². The zero-order chi connectivity index (χ0) is 11.9. The lowest BCUT2D eigenvalue weighted by atomic mass is 9.85. The molecule has 2 rings (SSSR count). The summed E-state index contributed by atoms with van der Waals surface area (Å²) in [4.78, 5) is 15.7.